The summed E-state index contributed by atoms with van der Waals surface area (Å²) >= 11 is 1.11. The van der Waals surface area contributed by atoms with Gasteiger partial charge in [0, 0.05) is 11.8 Å². The van der Waals surface area contributed by atoms with E-state index >= 15 is 0 Å². The number of amides is 1. The van der Waals surface area contributed by atoms with Crippen LogP contribution in [-0.4, -0.2) is 53.1 Å². The molecule has 0 spiro atoms. The number of nitrogens with zero attached hydrogens (tertiary/aromatic N) is 3. The quantitative estimate of drug-likeness (QED) is 0.267. The number of carbonyl (C=O) groups excluding carboxylic acids is 2. The molecule has 2 heterocycles. The van der Waals surface area contributed by atoms with Gasteiger partial charge in [0.2, 0.25) is 0 Å². The Morgan fingerprint density at radius 1 is 1.54 bits per heavy atom. The van der Waals surface area contributed by atoms with E-state index in [2.05, 4.69) is 19.3 Å². The van der Waals surface area contributed by atoms with E-state index in [9.17, 15) is 18.0 Å². The Morgan fingerprint density at radius 2 is 2.15 bits per heavy atom. The Labute approximate surface area is 160 Å². The van der Waals surface area contributed by atoms with E-state index in [1.165, 1.54) is 26.3 Å². The Balaban J connectivity index is 0.00000338. The normalized spacial score (nSPS) is 19.5. The van der Waals surface area contributed by atoms with Crippen molar-refractivity contribution in [2.45, 2.75) is 25.8 Å². The maximum Gasteiger partial charge on any atom is 0.418 e. The Kier molecular flexibility index (Phi) is 6.75. The average Bonchev–Trinajstić information content (AvgIpc) is 2.92. The Bertz CT molecular complexity index is 834. The van der Waals surface area contributed by atoms with Crippen LogP contribution in [0.15, 0.2) is 10.5 Å². The van der Waals surface area contributed by atoms with E-state index in [-0.39, 0.29) is 36.5 Å². The molecule has 1 aliphatic heterocycles. The third kappa shape index (κ3) is 4.50. The molecule has 14 heteroatoms. The van der Waals surface area contributed by atoms with Crippen molar-refractivity contribution in [2.24, 2.45) is 11.1 Å². The zero-order valence-electron chi connectivity index (χ0n) is 14.0. The van der Waals surface area contributed by atoms with Crippen molar-refractivity contribution in [1.29, 1.82) is 0 Å². The van der Waals surface area contributed by atoms with Gasteiger partial charge in [0.1, 0.15) is 12.8 Å². The number of hydrogen-bond acceptors (Lipinski definition) is 10. The summed E-state index contributed by atoms with van der Waals surface area (Å²) in [7, 11) is -3.60. The Morgan fingerprint density at radius 3 is 2.58 bits per heavy atom. The fraction of sp³-hybridized carbons (Fsp3) is 0.500. The summed E-state index contributed by atoms with van der Waals surface area (Å²) in [6, 6.07) is 0. The lowest BCUT2D eigenvalue weighted by molar-refractivity contribution is -0.228. The zero-order chi connectivity index (χ0) is 19.0. The molecule has 0 radical (unpaired) electrons. The van der Waals surface area contributed by atoms with Gasteiger partial charge < -0.3 is 10.6 Å². The Hall–Kier alpha value is -1.74. The number of Topliss-reactive ketones (excluding diaryl/α,β-unsaturated/α-hetero) is 1. The molecule has 2 rings (SSSR count). The van der Waals surface area contributed by atoms with E-state index in [1.807, 2.05) is 0 Å². The average molecular weight is 426 g/mol. The zero-order valence-corrected chi connectivity index (χ0v) is 16.6. The summed E-state index contributed by atoms with van der Waals surface area (Å²) in [6.45, 7) is 2.98. The molecule has 1 unspecified atom stereocenters. The van der Waals surface area contributed by atoms with Gasteiger partial charge in [0.25, 0.3) is 5.91 Å². The summed E-state index contributed by atoms with van der Waals surface area (Å²) in [5.41, 5.74) is 4.51. The van der Waals surface area contributed by atoms with E-state index in [4.69, 9.17) is 10.3 Å². The van der Waals surface area contributed by atoms with Crippen LogP contribution in [0.3, 0.4) is 0 Å². The summed E-state index contributed by atoms with van der Waals surface area (Å²) in [6.07, 6.45) is -0.281. The maximum absolute atomic E-state index is 12.5. The molecule has 1 amide bonds. The predicted octanol–water partition coefficient (Wildman–Crippen LogP) is 0.119. The molecule has 1 saturated heterocycles. The highest BCUT2D eigenvalue weighted by Gasteiger charge is 2.57. The molecule has 1 fully saturated rings. The van der Waals surface area contributed by atoms with Crippen LogP contribution in [0.25, 0.3) is 0 Å². The minimum Gasteiger partial charge on any atom is -0.398 e. The second-order valence-electron chi connectivity index (χ2n) is 5.66. The number of rotatable bonds is 7. The second-order valence-corrected chi connectivity index (χ2v) is 7.56. The maximum atomic E-state index is 12.5. The van der Waals surface area contributed by atoms with Crippen LogP contribution >= 0.6 is 24.8 Å². The number of oxime groups is 1. The van der Waals surface area contributed by atoms with Crippen molar-refractivity contribution in [3.63, 3.8) is 0 Å². The monoisotopic (exact) mass is 426 g/mol. The first-order valence-electron chi connectivity index (χ1n) is 6.84. The van der Waals surface area contributed by atoms with Crippen LogP contribution in [0.4, 0.5) is 5.13 Å². The van der Waals surface area contributed by atoms with Gasteiger partial charge in [-0.05, 0) is 13.8 Å². The lowest BCUT2D eigenvalue weighted by Crippen LogP contribution is -2.68. The number of ketones is 1. The van der Waals surface area contributed by atoms with Gasteiger partial charge in [-0.25, -0.2) is 4.98 Å². The number of nitrogens with two attached hydrogens (primary N) is 1. The van der Waals surface area contributed by atoms with E-state index in [0.29, 0.717) is 5.06 Å². The number of carbonyl (C=O) groups is 2. The summed E-state index contributed by atoms with van der Waals surface area (Å²) < 4.78 is 34.5. The molecule has 0 aliphatic carbocycles. The second kappa shape index (κ2) is 7.87. The number of hydrogen-bond donors (Lipinski definition) is 2. The first-order valence-corrected chi connectivity index (χ1v) is 9.08. The fourth-order valence-electron chi connectivity index (χ4n) is 2.38. The highest BCUT2D eigenvalue weighted by molar-refractivity contribution is 7.80. The molecule has 26 heavy (non-hydrogen) atoms. The largest absolute Gasteiger partial charge is 0.418 e. The predicted molar refractivity (Wildman–Crippen MR) is 97.1 cm³/mol. The fourth-order valence-corrected chi connectivity index (χ4v) is 3.38. The lowest BCUT2D eigenvalue weighted by Gasteiger charge is -2.50. The van der Waals surface area contributed by atoms with E-state index in [1.54, 1.807) is 0 Å². The van der Waals surface area contributed by atoms with Crippen LogP contribution in [0.5, 0.6) is 0 Å². The molecule has 1 aromatic heterocycles. The van der Waals surface area contributed by atoms with Crippen molar-refractivity contribution in [3.8, 4) is 0 Å². The minimum atomic E-state index is -4.85. The van der Waals surface area contributed by atoms with E-state index in [0.717, 1.165) is 11.3 Å². The number of nitrogen functional groups attached to an aromatic ring is 1. The van der Waals surface area contributed by atoms with E-state index < -0.39 is 33.5 Å². The molecule has 146 valence electrons. The van der Waals surface area contributed by atoms with Crippen molar-refractivity contribution >= 4 is 57.8 Å². The van der Waals surface area contributed by atoms with Crippen LogP contribution in [0.1, 0.15) is 26.0 Å². The van der Waals surface area contributed by atoms with Gasteiger partial charge in [-0.2, -0.15) is 27.0 Å². The standard InChI is InChI=1S/C12H16N4O7S2.H2S/c1-12(2)6(10(18)16(12)23-25(19,20)21)4-8(17)9(15-22-3)7-5-24-11(13)14-7;/h5-6H,4H2,1-3H3,(H2,13,14)(H,19,20,21);1H2/b15-9-;. The molecule has 1 aliphatic rings. The van der Waals surface area contributed by atoms with Crippen molar-refractivity contribution in [1.82, 2.24) is 10.0 Å². The van der Waals surface area contributed by atoms with Crippen LogP contribution in [-0.2, 0) is 29.1 Å². The van der Waals surface area contributed by atoms with Gasteiger partial charge in [0.05, 0.1) is 11.5 Å². The molecule has 0 bridgehead atoms. The number of β-lactam (4-membered cyclic amide) rings is 1. The van der Waals surface area contributed by atoms with Crippen LogP contribution in [0.2, 0.25) is 0 Å². The molecule has 11 nitrogen and oxygen atoms in total. The topological polar surface area (TPSA) is 161 Å². The highest BCUT2D eigenvalue weighted by atomic mass is 32.3. The van der Waals surface area contributed by atoms with Crippen molar-refractivity contribution in [2.75, 3.05) is 12.8 Å². The highest BCUT2D eigenvalue weighted by Crippen LogP contribution is 2.40. The van der Waals surface area contributed by atoms with Gasteiger partial charge >= 0.3 is 10.4 Å². The molecule has 0 saturated carbocycles. The van der Waals surface area contributed by atoms with Crippen molar-refractivity contribution < 1.29 is 31.7 Å². The third-order valence-corrected chi connectivity index (χ3v) is 4.66. The first-order chi connectivity index (χ1) is 11.5. The summed E-state index contributed by atoms with van der Waals surface area (Å²) in [4.78, 5) is 33.2. The molecule has 0 aromatic carbocycles. The van der Waals surface area contributed by atoms with Gasteiger partial charge in [0.15, 0.2) is 16.6 Å². The minimum absolute atomic E-state index is 0. The third-order valence-electron chi connectivity index (χ3n) is 3.64. The van der Waals surface area contributed by atoms with Gasteiger partial charge in [-0.3, -0.25) is 14.1 Å². The molecule has 3 N–H and O–H groups in total. The van der Waals surface area contributed by atoms with Crippen LogP contribution < -0.4 is 5.73 Å². The number of thiazole rings is 1. The number of anilines is 1. The molecule has 1 atom stereocenters. The molecule has 1 aromatic rings. The smallest absolute Gasteiger partial charge is 0.398 e. The van der Waals surface area contributed by atoms with Gasteiger partial charge in [-0.15, -0.1) is 15.6 Å². The van der Waals surface area contributed by atoms with Gasteiger partial charge in [-0.1, -0.05) is 5.16 Å². The number of hydroxylamine groups is 2. The lowest BCUT2D eigenvalue weighted by atomic mass is 9.74. The molecular formula is C12H18N4O7S3. The SMILES string of the molecule is CO/N=C(\C(=O)CC1C(=O)N(OS(=O)(=O)O)C1(C)C)c1csc(N)n1.S. The van der Waals surface area contributed by atoms with Crippen LogP contribution in [0, 0.1) is 5.92 Å². The first kappa shape index (κ1) is 22.3. The number of aromatic nitrogens is 1. The van der Waals surface area contributed by atoms with Crippen molar-refractivity contribution in [3.05, 3.63) is 11.1 Å². The summed E-state index contributed by atoms with van der Waals surface area (Å²) in [5.74, 6) is -2.17. The summed E-state index contributed by atoms with van der Waals surface area (Å²) in [5, 5.41) is 5.90. The molecular weight excluding hydrogens is 408 g/mol.